The van der Waals surface area contributed by atoms with Crippen molar-refractivity contribution >= 4 is 33.2 Å². The molecule has 23 heavy (non-hydrogen) atoms. The Bertz CT molecular complexity index is 698. The van der Waals surface area contributed by atoms with Crippen LogP contribution in [0.2, 0.25) is 0 Å². The molecular weight excluding hydrogens is 316 g/mol. The minimum absolute atomic E-state index is 0.251. The Hall–Kier alpha value is -2.08. The molecule has 0 aliphatic rings. The lowest BCUT2D eigenvalue weighted by atomic mass is 10.1. The monoisotopic (exact) mass is 336 g/mol. The first-order chi connectivity index (χ1) is 10.7. The maximum absolute atomic E-state index is 12.3. The first-order valence-electron chi connectivity index (χ1n) is 7.14. The molecule has 0 radical (unpaired) electrons. The fourth-order valence-corrected chi connectivity index (χ4v) is 3.11. The minimum atomic E-state index is -0.599. The van der Waals surface area contributed by atoms with E-state index in [9.17, 15) is 9.59 Å². The van der Waals surface area contributed by atoms with Gasteiger partial charge in [-0.15, -0.1) is 11.3 Å². The van der Waals surface area contributed by atoms with Crippen LogP contribution in [0.15, 0.2) is 18.2 Å². The van der Waals surface area contributed by atoms with Crippen molar-refractivity contribution in [2.75, 3.05) is 14.2 Å². The van der Waals surface area contributed by atoms with Crippen LogP contribution in [0, 0.1) is 0 Å². The Labute approximate surface area is 139 Å². The van der Waals surface area contributed by atoms with Gasteiger partial charge in [0.25, 0.3) is 0 Å². The van der Waals surface area contributed by atoms with E-state index in [2.05, 4.69) is 0 Å². The number of hydrogen-bond donors (Lipinski definition) is 0. The van der Waals surface area contributed by atoms with Gasteiger partial charge in [0, 0.05) is 10.8 Å². The van der Waals surface area contributed by atoms with Crippen LogP contribution >= 0.6 is 11.3 Å². The molecule has 2 rings (SSSR count). The summed E-state index contributed by atoms with van der Waals surface area (Å²) >= 11 is 1.32. The molecule has 1 heterocycles. The molecule has 1 aromatic carbocycles. The van der Waals surface area contributed by atoms with Gasteiger partial charge < -0.3 is 14.2 Å². The van der Waals surface area contributed by atoms with Crippen molar-refractivity contribution in [3.63, 3.8) is 0 Å². The lowest BCUT2D eigenvalue weighted by molar-refractivity contribution is -0.153. The van der Waals surface area contributed by atoms with Gasteiger partial charge in [-0.2, -0.15) is 0 Å². The fourth-order valence-electron chi connectivity index (χ4n) is 2.10. The Kier molecular flexibility index (Phi) is 4.94. The summed E-state index contributed by atoms with van der Waals surface area (Å²) in [6.45, 7) is 5.31. The molecule has 0 fully saturated rings. The lowest BCUT2D eigenvalue weighted by Gasteiger charge is -2.18. The molecule has 5 nitrogen and oxygen atoms in total. The highest BCUT2D eigenvalue weighted by Gasteiger charge is 2.21. The normalized spacial score (nSPS) is 11.3. The van der Waals surface area contributed by atoms with E-state index in [1.807, 2.05) is 12.1 Å². The number of ether oxygens (including phenoxy) is 3. The SMILES string of the molecule is COc1cc2cc(C(=O)CC(=O)OC(C)(C)C)sc2cc1OC. The number of ketones is 1. The largest absolute Gasteiger partial charge is 0.493 e. The third-order valence-electron chi connectivity index (χ3n) is 3.02. The van der Waals surface area contributed by atoms with Gasteiger partial charge in [0.2, 0.25) is 0 Å². The highest BCUT2D eigenvalue weighted by molar-refractivity contribution is 7.20. The molecule has 0 bridgehead atoms. The van der Waals surface area contributed by atoms with Gasteiger partial charge in [0.15, 0.2) is 17.3 Å². The van der Waals surface area contributed by atoms with Crippen LogP contribution in [0.4, 0.5) is 0 Å². The molecule has 0 atom stereocenters. The van der Waals surface area contributed by atoms with Crippen molar-refractivity contribution < 1.29 is 23.8 Å². The van der Waals surface area contributed by atoms with E-state index in [-0.39, 0.29) is 12.2 Å². The molecule has 0 aliphatic carbocycles. The van der Waals surface area contributed by atoms with Gasteiger partial charge in [-0.3, -0.25) is 9.59 Å². The van der Waals surface area contributed by atoms with Crippen molar-refractivity contribution in [2.45, 2.75) is 32.8 Å². The van der Waals surface area contributed by atoms with Gasteiger partial charge in [0.1, 0.15) is 12.0 Å². The second-order valence-corrected chi connectivity index (χ2v) is 7.13. The predicted octanol–water partition coefficient (Wildman–Crippen LogP) is 3.83. The molecular formula is C17H20O5S. The first-order valence-corrected chi connectivity index (χ1v) is 7.96. The summed E-state index contributed by atoms with van der Waals surface area (Å²) in [5.41, 5.74) is -0.599. The first kappa shape index (κ1) is 17.3. The standard InChI is InChI=1S/C17H20O5S/c1-17(2,3)22-16(19)8-11(18)15-7-10-6-12(20-4)13(21-5)9-14(10)23-15/h6-7,9H,8H2,1-5H3. The van der Waals surface area contributed by atoms with Crippen LogP contribution in [0.1, 0.15) is 36.9 Å². The molecule has 0 aliphatic heterocycles. The number of carbonyl (C=O) groups is 2. The number of rotatable bonds is 5. The van der Waals surface area contributed by atoms with Crippen LogP contribution in [0.5, 0.6) is 11.5 Å². The van der Waals surface area contributed by atoms with E-state index in [0.29, 0.717) is 16.4 Å². The molecule has 124 valence electrons. The van der Waals surface area contributed by atoms with Crippen molar-refractivity contribution in [3.05, 3.63) is 23.1 Å². The summed E-state index contributed by atoms with van der Waals surface area (Å²) in [5, 5.41) is 0.875. The third kappa shape index (κ3) is 4.22. The number of thiophene rings is 1. The van der Waals surface area contributed by atoms with E-state index in [0.717, 1.165) is 10.1 Å². The van der Waals surface area contributed by atoms with Gasteiger partial charge in [-0.25, -0.2) is 0 Å². The molecule has 0 spiro atoms. The van der Waals surface area contributed by atoms with Gasteiger partial charge in [-0.1, -0.05) is 0 Å². The summed E-state index contributed by atoms with van der Waals surface area (Å²) < 4.78 is 16.6. The number of carbonyl (C=O) groups excluding carboxylic acids is 2. The van der Waals surface area contributed by atoms with E-state index in [4.69, 9.17) is 14.2 Å². The number of Topliss-reactive ketones (excluding diaryl/α,β-unsaturated/α-hetero) is 1. The van der Waals surface area contributed by atoms with Crippen LogP contribution < -0.4 is 9.47 Å². The highest BCUT2D eigenvalue weighted by Crippen LogP contribution is 2.36. The Morgan fingerprint density at radius 2 is 1.65 bits per heavy atom. The zero-order valence-electron chi connectivity index (χ0n) is 13.9. The van der Waals surface area contributed by atoms with Gasteiger partial charge in [0.05, 0.1) is 19.1 Å². The van der Waals surface area contributed by atoms with Crippen molar-refractivity contribution in [2.24, 2.45) is 0 Å². The quantitative estimate of drug-likeness (QED) is 0.472. The molecule has 0 amide bonds. The molecule has 6 heteroatoms. The number of hydrogen-bond acceptors (Lipinski definition) is 6. The average molecular weight is 336 g/mol. The summed E-state index contributed by atoms with van der Waals surface area (Å²) in [4.78, 5) is 24.6. The summed E-state index contributed by atoms with van der Waals surface area (Å²) in [6.07, 6.45) is -0.266. The number of esters is 1. The van der Waals surface area contributed by atoms with Crippen LogP contribution in [-0.4, -0.2) is 31.6 Å². The second-order valence-electron chi connectivity index (χ2n) is 6.04. The average Bonchev–Trinajstić information content (AvgIpc) is 2.86. The molecule has 0 saturated carbocycles. The van der Waals surface area contributed by atoms with Crippen molar-refractivity contribution in [1.29, 1.82) is 0 Å². The second kappa shape index (κ2) is 6.58. The summed E-state index contributed by atoms with van der Waals surface area (Å²) in [5.74, 6) is 0.436. The van der Waals surface area contributed by atoms with Crippen molar-refractivity contribution in [3.8, 4) is 11.5 Å². The van der Waals surface area contributed by atoms with Crippen LogP contribution in [0.25, 0.3) is 10.1 Å². The molecule has 2 aromatic rings. The number of benzene rings is 1. The summed E-state index contributed by atoms with van der Waals surface area (Å²) in [7, 11) is 3.12. The fraction of sp³-hybridized carbons (Fsp3) is 0.412. The smallest absolute Gasteiger partial charge is 0.314 e. The highest BCUT2D eigenvalue weighted by atomic mass is 32.1. The maximum Gasteiger partial charge on any atom is 0.314 e. The Morgan fingerprint density at radius 1 is 1.04 bits per heavy atom. The Morgan fingerprint density at radius 3 is 2.22 bits per heavy atom. The minimum Gasteiger partial charge on any atom is -0.493 e. The van der Waals surface area contributed by atoms with E-state index in [1.54, 1.807) is 41.1 Å². The van der Waals surface area contributed by atoms with E-state index in [1.165, 1.54) is 11.3 Å². The van der Waals surface area contributed by atoms with E-state index < -0.39 is 11.6 Å². The third-order valence-corrected chi connectivity index (χ3v) is 4.16. The zero-order valence-corrected chi connectivity index (χ0v) is 14.7. The molecule has 0 N–H and O–H groups in total. The topological polar surface area (TPSA) is 61.8 Å². The molecule has 0 unspecified atom stereocenters. The Balaban J connectivity index is 2.23. The maximum atomic E-state index is 12.3. The predicted molar refractivity (Wildman–Crippen MR) is 89.7 cm³/mol. The van der Waals surface area contributed by atoms with Gasteiger partial charge >= 0.3 is 5.97 Å². The zero-order chi connectivity index (χ0) is 17.2. The summed E-state index contributed by atoms with van der Waals surface area (Å²) in [6, 6.07) is 5.40. The van der Waals surface area contributed by atoms with Crippen molar-refractivity contribution in [1.82, 2.24) is 0 Å². The van der Waals surface area contributed by atoms with Gasteiger partial charge in [-0.05, 0) is 38.3 Å². The molecule has 0 saturated heterocycles. The lowest BCUT2D eigenvalue weighted by Crippen LogP contribution is -2.25. The van der Waals surface area contributed by atoms with Crippen LogP contribution in [-0.2, 0) is 9.53 Å². The van der Waals surface area contributed by atoms with Crippen LogP contribution in [0.3, 0.4) is 0 Å². The molecule has 1 aromatic heterocycles. The van der Waals surface area contributed by atoms with E-state index >= 15 is 0 Å². The number of fused-ring (bicyclic) bond motifs is 1. The number of methoxy groups -OCH3 is 2.